The van der Waals surface area contributed by atoms with Crippen LogP contribution in [-0.4, -0.2) is 24.7 Å². The second-order valence-electron chi connectivity index (χ2n) is 3.76. The number of benzene rings is 1. The van der Waals surface area contributed by atoms with Gasteiger partial charge in [-0.2, -0.15) is 0 Å². The van der Waals surface area contributed by atoms with Crippen LogP contribution in [0.3, 0.4) is 0 Å². The molecule has 0 aliphatic carbocycles. The lowest BCUT2D eigenvalue weighted by molar-refractivity contribution is -0.117. The Morgan fingerprint density at radius 2 is 2.19 bits per heavy atom. The minimum absolute atomic E-state index is 0.122. The minimum atomic E-state index is -1.00. The Kier molecular flexibility index (Phi) is 3.14. The van der Waals surface area contributed by atoms with E-state index in [1.807, 2.05) is 0 Å². The maximum atomic E-state index is 13.2. The van der Waals surface area contributed by atoms with Crippen molar-refractivity contribution in [3.8, 4) is 0 Å². The van der Waals surface area contributed by atoms with Crippen LogP contribution in [0.1, 0.15) is 6.42 Å². The van der Waals surface area contributed by atoms with E-state index in [2.05, 4.69) is 10.6 Å². The molecule has 1 aliphatic heterocycles. The lowest BCUT2D eigenvalue weighted by Gasteiger charge is -2.11. The summed E-state index contributed by atoms with van der Waals surface area (Å²) < 4.78 is 26.0. The number of carbonyl (C=O) groups excluding carboxylic acids is 1. The molecule has 1 fully saturated rings. The van der Waals surface area contributed by atoms with Gasteiger partial charge >= 0.3 is 0 Å². The van der Waals surface area contributed by atoms with Gasteiger partial charge in [0.1, 0.15) is 12.0 Å². The Hall–Kier alpha value is -1.49. The first-order valence-electron chi connectivity index (χ1n) is 5.09. The van der Waals surface area contributed by atoms with Gasteiger partial charge in [-0.1, -0.05) is 12.1 Å². The lowest BCUT2D eigenvalue weighted by Crippen LogP contribution is -2.35. The van der Waals surface area contributed by atoms with E-state index >= 15 is 0 Å². The number of amides is 1. The Morgan fingerprint density at radius 3 is 2.81 bits per heavy atom. The van der Waals surface area contributed by atoms with Crippen LogP contribution < -0.4 is 10.6 Å². The van der Waals surface area contributed by atoms with Crippen molar-refractivity contribution < 1.29 is 13.6 Å². The van der Waals surface area contributed by atoms with Crippen molar-refractivity contribution in [1.82, 2.24) is 5.32 Å². The first-order chi connectivity index (χ1) is 7.66. The topological polar surface area (TPSA) is 41.1 Å². The zero-order valence-electron chi connectivity index (χ0n) is 8.54. The third-order valence-electron chi connectivity index (χ3n) is 2.53. The van der Waals surface area contributed by atoms with Gasteiger partial charge in [0.05, 0.1) is 11.7 Å². The summed E-state index contributed by atoms with van der Waals surface area (Å²) in [6, 6.07) is 5.31. The molecule has 5 heteroatoms. The van der Waals surface area contributed by atoms with Crippen molar-refractivity contribution in [1.29, 1.82) is 0 Å². The number of hydrogen-bond acceptors (Lipinski definition) is 2. The zero-order chi connectivity index (χ0) is 11.5. The third kappa shape index (κ3) is 2.36. The normalized spacial score (nSPS) is 24.4. The fourth-order valence-electron chi connectivity index (χ4n) is 1.67. The number of anilines is 1. The van der Waals surface area contributed by atoms with Gasteiger partial charge in [0.25, 0.3) is 0 Å². The molecule has 16 heavy (non-hydrogen) atoms. The van der Waals surface area contributed by atoms with Gasteiger partial charge in [0, 0.05) is 13.0 Å². The van der Waals surface area contributed by atoms with Crippen molar-refractivity contribution in [3.63, 3.8) is 0 Å². The molecule has 0 saturated carbocycles. The highest BCUT2D eigenvalue weighted by Crippen LogP contribution is 2.15. The molecule has 86 valence electrons. The van der Waals surface area contributed by atoms with Gasteiger partial charge in [0.15, 0.2) is 0 Å². The van der Waals surface area contributed by atoms with Crippen LogP contribution in [0.5, 0.6) is 0 Å². The molecule has 1 aromatic rings. The molecule has 2 N–H and O–H groups in total. The van der Waals surface area contributed by atoms with Crippen molar-refractivity contribution in [2.24, 2.45) is 0 Å². The molecule has 3 nitrogen and oxygen atoms in total. The Bertz CT molecular complexity index is 397. The third-order valence-corrected chi connectivity index (χ3v) is 2.53. The zero-order valence-corrected chi connectivity index (χ0v) is 8.54. The second-order valence-corrected chi connectivity index (χ2v) is 3.76. The first-order valence-corrected chi connectivity index (χ1v) is 5.09. The van der Waals surface area contributed by atoms with Crippen LogP contribution in [0.4, 0.5) is 14.5 Å². The molecule has 2 rings (SSSR count). The first kappa shape index (κ1) is 11.0. The van der Waals surface area contributed by atoms with Crippen LogP contribution in [0.25, 0.3) is 0 Å². The van der Waals surface area contributed by atoms with Gasteiger partial charge < -0.3 is 10.6 Å². The highest BCUT2D eigenvalue weighted by Gasteiger charge is 2.29. The molecule has 2 atom stereocenters. The average Bonchev–Trinajstić information content (AvgIpc) is 2.68. The van der Waals surface area contributed by atoms with Crippen molar-refractivity contribution in [3.05, 3.63) is 30.1 Å². The number of halogens is 2. The van der Waals surface area contributed by atoms with Crippen LogP contribution in [-0.2, 0) is 4.79 Å². The fourth-order valence-corrected chi connectivity index (χ4v) is 1.67. The maximum Gasteiger partial charge on any atom is 0.241 e. The number of carbonyl (C=O) groups is 1. The number of alkyl halides is 1. The van der Waals surface area contributed by atoms with Crippen LogP contribution in [0.15, 0.2) is 24.3 Å². The van der Waals surface area contributed by atoms with E-state index in [-0.39, 0.29) is 18.7 Å². The van der Waals surface area contributed by atoms with E-state index in [0.29, 0.717) is 0 Å². The van der Waals surface area contributed by atoms with E-state index in [4.69, 9.17) is 0 Å². The van der Waals surface area contributed by atoms with E-state index in [1.165, 1.54) is 18.2 Å². The molecule has 0 unspecified atom stereocenters. The van der Waals surface area contributed by atoms with Gasteiger partial charge in [-0.05, 0) is 12.1 Å². The molecule has 0 aromatic heterocycles. The van der Waals surface area contributed by atoms with Gasteiger partial charge in [0.2, 0.25) is 5.91 Å². The summed E-state index contributed by atoms with van der Waals surface area (Å²) in [5.41, 5.74) is 0.122. The number of nitrogens with one attached hydrogen (secondary N) is 2. The van der Waals surface area contributed by atoms with Crippen molar-refractivity contribution in [2.45, 2.75) is 18.6 Å². The lowest BCUT2D eigenvalue weighted by atomic mass is 10.2. The average molecular weight is 226 g/mol. The number of para-hydroxylation sites is 1. The Labute approximate surface area is 91.8 Å². The summed E-state index contributed by atoms with van der Waals surface area (Å²) in [5, 5.41) is 5.17. The second kappa shape index (κ2) is 4.57. The van der Waals surface area contributed by atoms with Crippen LogP contribution >= 0.6 is 0 Å². The van der Waals surface area contributed by atoms with Gasteiger partial charge in [-0.15, -0.1) is 0 Å². The number of hydrogen-bond donors (Lipinski definition) is 2. The van der Waals surface area contributed by atoms with E-state index in [1.54, 1.807) is 6.07 Å². The molecule has 1 aromatic carbocycles. The molecule has 1 amide bonds. The van der Waals surface area contributed by atoms with Gasteiger partial charge in [-0.3, -0.25) is 4.79 Å². The molecular weight excluding hydrogens is 214 g/mol. The molecule has 1 saturated heterocycles. The van der Waals surface area contributed by atoms with E-state index < -0.39 is 23.9 Å². The Balaban J connectivity index is 2.00. The molecular formula is C11H12F2N2O. The molecule has 1 heterocycles. The maximum absolute atomic E-state index is 13.2. The Morgan fingerprint density at radius 1 is 1.44 bits per heavy atom. The minimum Gasteiger partial charge on any atom is -0.322 e. The summed E-state index contributed by atoms with van der Waals surface area (Å²) in [5.74, 6) is -0.893. The van der Waals surface area contributed by atoms with E-state index in [0.717, 1.165) is 0 Å². The van der Waals surface area contributed by atoms with E-state index in [9.17, 15) is 13.6 Å². The standard InChI is InChI=1S/C11H12F2N2O/c12-7-5-10(14-6-7)11(16)15-9-4-2-1-3-8(9)13/h1-4,7,10,14H,5-6H2,(H,15,16)/t7-,10+/m0/s1. The quantitative estimate of drug-likeness (QED) is 0.801. The van der Waals surface area contributed by atoms with Gasteiger partial charge in [-0.25, -0.2) is 8.78 Å². The summed E-state index contributed by atoms with van der Waals surface area (Å²) in [6.45, 7) is 0.176. The number of rotatable bonds is 2. The van der Waals surface area contributed by atoms with Crippen LogP contribution in [0.2, 0.25) is 0 Å². The summed E-state index contributed by atoms with van der Waals surface area (Å²) in [6.07, 6.45) is -0.864. The molecule has 1 aliphatic rings. The molecule has 0 bridgehead atoms. The highest BCUT2D eigenvalue weighted by molar-refractivity contribution is 5.95. The van der Waals surface area contributed by atoms with Crippen molar-refractivity contribution >= 4 is 11.6 Å². The summed E-state index contributed by atoms with van der Waals surface area (Å²) in [7, 11) is 0. The SMILES string of the molecule is O=C(Nc1ccccc1F)[C@H]1C[C@H](F)CN1. The molecule has 0 spiro atoms. The summed E-state index contributed by atoms with van der Waals surface area (Å²) in [4.78, 5) is 11.6. The summed E-state index contributed by atoms with van der Waals surface area (Å²) >= 11 is 0. The predicted octanol–water partition coefficient (Wildman–Crippen LogP) is 1.46. The smallest absolute Gasteiger partial charge is 0.241 e. The molecule has 0 radical (unpaired) electrons. The predicted molar refractivity (Wildman–Crippen MR) is 56.3 cm³/mol. The monoisotopic (exact) mass is 226 g/mol. The largest absolute Gasteiger partial charge is 0.322 e. The van der Waals surface area contributed by atoms with Crippen LogP contribution in [0, 0.1) is 5.82 Å². The van der Waals surface area contributed by atoms with Crippen molar-refractivity contribution in [2.75, 3.05) is 11.9 Å². The highest BCUT2D eigenvalue weighted by atomic mass is 19.1. The fraction of sp³-hybridized carbons (Fsp3) is 0.364.